The SMILES string of the molecule is CCOc1ccc(-n2c(S[C@@H](C)C(=O)N(C)c3ccccc3)nnc2-c2cccnc2)cc1. The number of pyridine rings is 1. The number of nitrogens with zero attached hydrogens (tertiary/aromatic N) is 5. The van der Waals surface area contributed by atoms with Gasteiger partial charge in [0.2, 0.25) is 5.91 Å². The van der Waals surface area contributed by atoms with Gasteiger partial charge in [-0.15, -0.1) is 10.2 Å². The van der Waals surface area contributed by atoms with Crippen molar-refractivity contribution in [2.75, 3.05) is 18.6 Å². The highest BCUT2D eigenvalue weighted by Crippen LogP contribution is 2.31. The number of thioether (sulfide) groups is 1. The molecule has 2 aromatic carbocycles. The first-order valence-corrected chi connectivity index (χ1v) is 11.5. The Morgan fingerprint density at radius 3 is 2.48 bits per heavy atom. The molecule has 1 amide bonds. The highest BCUT2D eigenvalue weighted by Gasteiger charge is 2.24. The highest BCUT2D eigenvalue weighted by molar-refractivity contribution is 8.00. The summed E-state index contributed by atoms with van der Waals surface area (Å²) in [5.74, 6) is 1.43. The van der Waals surface area contributed by atoms with E-state index in [1.807, 2.05) is 85.1 Å². The largest absolute Gasteiger partial charge is 0.494 e. The van der Waals surface area contributed by atoms with Crippen LogP contribution in [0.2, 0.25) is 0 Å². The van der Waals surface area contributed by atoms with Gasteiger partial charge in [-0.3, -0.25) is 14.3 Å². The third-order valence-corrected chi connectivity index (χ3v) is 6.09. The number of amides is 1. The molecule has 33 heavy (non-hydrogen) atoms. The fourth-order valence-electron chi connectivity index (χ4n) is 3.38. The van der Waals surface area contributed by atoms with E-state index >= 15 is 0 Å². The van der Waals surface area contributed by atoms with Crippen molar-refractivity contribution < 1.29 is 9.53 Å². The minimum Gasteiger partial charge on any atom is -0.494 e. The second-order valence-corrected chi connectivity index (χ2v) is 8.61. The molecule has 0 spiro atoms. The fourth-order valence-corrected chi connectivity index (χ4v) is 4.34. The molecule has 2 heterocycles. The molecule has 0 aliphatic rings. The van der Waals surface area contributed by atoms with E-state index in [1.165, 1.54) is 11.8 Å². The van der Waals surface area contributed by atoms with Crippen LogP contribution in [0.5, 0.6) is 5.75 Å². The summed E-state index contributed by atoms with van der Waals surface area (Å²) in [5.41, 5.74) is 2.56. The molecule has 4 aromatic rings. The highest BCUT2D eigenvalue weighted by atomic mass is 32.2. The fraction of sp³-hybridized carbons (Fsp3) is 0.200. The van der Waals surface area contributed by atoms with Gasteiger partial charge in [0.15, 0.2) is 11.0 Å². The van der Waals surface area contributed by atoms with E-state index in [-0.39, 0.29) is 11.2 Å². The van der Waals surface area contributed by atoms with Crippen LogP contribution in [0.4, 0.5) is 5.69 Å². The molecule has 0 fully saturated rings. The first kappa shape index (κ1) is 22.5. The Kier molecular flexibility index (Phi) is 7.04. The van der Waals surface area contributed by atoms with E-state index in [2.05, 4.69) is 15.2 Å². The summed E-state index contributed by atoms with van der Waals surface area (Å²) < 4.78 is 7.53. The average Bonchev–Trinajstić information content (AvgIpc) is 3.28. The summed E-state index contributed by atoms with van der Waals surface area (Å²) in [7, 11) is 1.78. The lowest BCUT2D eigenvalue weighted by molar-refractivity contribution is -0.117. The monoisotopic (exact) mass is 459 g/mol. The van der Waals surface area contributed by atoms with Crippen LogP contribution >= 0.6 is 11.8 Å². The third-order valence-electron chi connectivity index (χ3n) is 5.06. The average molecular weight is 460 g/mol. The first-order chi connectivity index (χ1) is 16.1. The molecule has 0 aliphatic carbocycles. The zero-order chi connectivity index (χ0) is 23.2. The van der Waals surface area contributed by atoms with Gasteiger partial charge in [-0.25, -0.2) is 0 Å². The van der Waals surface area contributed by atoms with Crippen molar-refractivity contribution in [3.63, 3.8) is 0 Å². The number of rotatable bonds is 8. The van der Waals surface area contributed by atoms with Crippen molar-refractivity contribution in [1.29, 1.82) is 0 Å². The topological polar surface area (TPSA) is 73.1 Å². The van der Waals surface area contributed by atoms with Crippen molar-refractivity contribution in [3.05, 3.63) is 79.1 Å². The van der Waals surface area contributed by atoms with Crippen molar-refractivity contribution in [1.82, 2.24) is 19.7 Å². The number of aromatic nitrogens is 4. The second-order valence-electron chi connectivity index (χ2n) is 7.30. The predicted molar refractivity (Wildman–Crippen MR) is 131 cm³/mol. The minimum absolute atomic E-state index is 0.0182. The van der Waals surface area contributed by atoms with Crippen LogP contribution in [-0.4, -0.2) is 44.6 Å². The number of hydrogen-bond donors (Lipinski definition) is 0. The summed E-state index contributed by atoms with van der Waals surface area (Å²) >= 11 is 1.37. The van der Waals surface area contributed by atoms with Gasteiger partial charge in [-0.05, 0) is 62.4 Å². The van der Waals surface area contributed by atoms with Gasteiger partial charge in [-0.1, -0.05) is 30.0 Å². The molecule has 0 bridgehead atoms. The Labute approximate surface area is 197 Å². The third kappa shape index (κ3) is 5.06. The lowest BCUT2D eigenvalue weighted by atomic mass is 10.2. The molecule has 1 atom stereocenters. The molecule has 0 N–H and O–H groups in total. The van der Waals surface area contributed by atoms with E-state index in [4.69, 9.17) is 4.74 Å². The molecule has 4 rings (SSSR count). The Hall–Kier alpha value is -3.65. The van der Waals surface area contributed by atoms with Crippen LogP contribution in [0, 0.1) is 0 Å². The van der Waals surface area contributed by atoms with Gasteiger partial charge in [0.1, 0.15) is 5.75 Å². The van der Waals surface area contributed by atoms with Crippen molar-refractivity contribution >= 4 is 23.4 Å². The van der Waals surface area contributed by atoms with Gasteiger partial charge in [0, 0.05) is 36.4 Å². The number of carbonyl (C=O) groups is 1. The summed E-state index contributed by atoms with van der Waals surface area (Å²) in [6.07, 6.45) is 3.47. The van der Waals surface area contributed by atoms with Crippen LogP contribution < -0.4 is 9.64 Å². The van der Waals surface area contributed by atoms with Crippen LogP contribution in [0.3, 0.4) is 0 Å². The number of benzene rings is 2. The van der Waals surface area contributed by atoms with E-state index < -0.39 is 0 Å². The summed E-state index contributed by atoms with van der Waals surface area (Å²) in [5, 5.41) is 9.11. The van der Waals surface area contributed by atoms with Crippen molar-refractivity contribution in [3.8, 4) is 22.8 Å². The Balaban J connectivity index is 1.66. The number of carbonyl (C=O) groups excluding carboxylic acids is 1. The minimum atomic E-state index is -0.373. The molecule has 8 heteroatoms. The normalized spacial score (nSPS) is 11.7. The molecule has 0 saturated carbocycles. The van der Waals surface area contributed by atoms with Gasteiger partial charge in [0.25, 0.3) is 0 Å². The first-order valence-electron chi connectivity index (χ1n) is 10.7. The maximum absolute atomic E-state index is 13.1. The molecule has 0 aliphatic heterocycles. The Bertz CT molecular complexity index is 1200. The molecule has 7 nitrogen and oxygen atoms in total. The summed E-state index contributed by atoms with van der Waals surface area (Å²) in [6.45, 7) is 4.43. The van der Waals surface area contributed by atoms with E-state index in [9.17, 15) is 4.79 Å². The van der Waals surface area contributed by atoms with Gasteiger partial charge >= 0.3 is 0 Å². The van der Waals surface area contributed by atoms with E-state index in [1.54, 1.807) is 24.3 Å². The molecule has 168 valence electrons. The zero-order valence-corrected chi connectivity index (χ0v) is 19.6. The van der Waals surface area contributed by atoms with Crippen LogP contribution in [0.15, 0.2) is 84.3 Å². The zero-order valence-electron chi connectivity index (χ0n) is 18.8. The van der Waals surface area contributed by atoms with Crippen LogP contribution in [0.1, 0.15) is 13.8 Å². The second kappa shape index (κ2) is 10.3. The maximum Gasteiger partial charge on any atom is 0.240 e. The standard InChI is InChI=1S/C25H25N5O2S/c1-4-32-22-14-12-21(13-15-22)30-23(19-9-8-16-26-17-19)27-28-25(30)33-18(2)24(31)29(3)20-10-6-5-7-11-20/h5-18H,4H2,1-3H3/t18-/m0/s1. The number of para-hydroxylation sites is 1. The molecule has 0 saturated heterocycles. The maximum atomic E-state index is 13.1. The molecule has 0 unspecified atom stereocenters. The lowest BCUT2D eigenvalue weighted by Crippen LogP contribution is -2.33. The Morgan fingerprint density at radius 1 is 1.06 bits per heavy atom. The van der Waals surface area contributed by atoms with E-state index in [0.717, 1.165) is 22.7 Å². The molecular weight excluding hydrogens is 434 g/mol. The number of anilines is 1. The quantitative estimate of drug-likeness (QED) is 0.350. The van der Waals surface area contributed by atoms with Crippen LogP contribution in [-0.2, 0) is 4.79 Å². The van der Waals surface area contributed by atoms with Gasteiger partial charge in [-0.2, -0.15) is 0 Å². The van der Waals surface area contributed by atoms with Crippen molar-refractivity contribution in [2.45, 2.75) is 24.3 Å². The number of hydrogen-bond acceptors (Lipinski definition) is 6. The predicted octanol–water partition coefficient (Wildman–Crippen LogP) is 4.87. The van der Waals surface area contributed by atoms with Gasteiger partial charge < -0.3 is 9.64 Å². The van der Waals surface area contributed by atoms with E-state index in [0.29, 0.717) is 17.6 Å². The summed E-state index contributed by atoms with van der Waals surface area (Å²) in [4.78, 5) is 19.0. The smallest absolute Gasteiger partial charge is 0.240 e. The summed E-state index contributed by atoms with van der Waals surface area (Å²) in [6, 6.07) is 21.1. The number of ether oxygens (including phenoxy) is 1. The molecule has 0 radical (unpaired) electrons. The molecular formula is C25H25N5O2S. The van der Waals surface area contributed by atoms with Crippen molar-refractivity contribution in [2.24, 2.45) is 0 Å². The Morgan fingerprint density at radius 2 is 1.82 bits per heavy atom. The van der Waals surface area contributed by atoms with Crippen LogP contribution in [0.25, 0.3) is 17.1 Å². The molecule has 2 aromatic heterocycles. The van der Waals surface area contributed by atoms with Gasteiger partial charge in [0.05, 0.1) is 11.9 Å². The lowest BCUT2D eigenvalue weighted by Gasteiger charge is -2.21.